The Labute approximate surface area is 191 Å². The highest BCUT2D eigenvalue weighted by Crippen LogP contribution is 2.31. The molecule has 1 aliphatic rings. The van der Waals surface area contributed by atoms with Crippen molar-refractivity contribution >= 4 is 17.2 Å². The molecule has 0 amide bonds. The van der Waals surface area contributed by atoms with Crippen LogP contribution in [0.3, 0.4) is 0 Å². The second-order valence-corrected chi connectivity index (χ2v) is 8.56. The standard InChI is InChI=1S/C23H28N8O2/c1-15-10-25-22(12-24-15)27-21-9-19-8-17(4-7-31(19)28-21)23-20(11-26-29(23)3)33-14-18-5-6-30(18)13-16(2)32/h4,7-12,16,18,32H,5-6,13-14H2,1-3H3,(H,25,27,28)/t16?,18-/m1/s1. The number of β-amino-alcohol motifs (C(OH)–C–C–N with tert-alkyl or cyclic N) is 1. The van der Waals surface area contributed by atoms with E-state index in [-0.39, 0.29) is 6.10 Å². The zero-order valence-corrected chi connectivity index (χ0v) is 19.0. The third kappa shape index (κ3) is 4.53. The molecule has 1 unspecified atom stereocenters. The number of aliphatic hydroxyl groups excluding tert-OH is 1. The van der Waals surface area contributed by atoms with E-state index in [0.717, 1.165) is 41.2 Å². The Hall–Kier alpha value is -3.50. The minimum absolute atomic E-state index is 0.323. The van der Waals surface area contributed by atoms with E-state index in [1.165, 1.54) is 0 Å². The Bertz CT molecular complexity index is 1250. The Kier molecular flexibility index (Phi) is 5.69. The normalized spacial score (nSPS) is 17.2. The fourth-order valence-electron chi connectivity index (χ4n) is 4.09. The van der Waals surface area contributed by atoms with Crippen molar-refractivity contribution in [3.8, 4) is 17.0 Å². The number of nitrogens with one attached hydrogen (secondary N) is 1. The molecule has 2 N–H and O–H groups in total. The van der Waals surface area contributed by atoms with Gasteiger partial charge in [-0.15, -0.1) is 0 Å². The van der Waals surface area contributed by atoms with E-state index in [2.05, 4.69) is 36.4 Å². The smallest absolute Gasteiger partial charge is 0.165 e. The van der Waals surface area contributed by atoms with Gasteiger partial charge in [-0.05, 0) is 32.4 Å². The number of aryl methyl sites for hydroxylation is 2. The van der Waals surface area contributed by atoms with Crippen molar-refractivity contribution in [1.29, 1.82) is 0 Å². The molecule has 4 aromatic heterocycles. The van der Waals surface area contributed by atoms with E-state index in [0.29, 0.717) is 30.8 Å². The zero-order chi connectivity index (χ0) is 22.9. The van der Waals surface area contributed by atoms with Crippen LogP contribution in [0.15, 0.2) is 43.0 Å². The number of anilines is 2. The van der Waals surface area contributed by atoms with Gasteiger partial charge in [-0.3, -0.25) is 14.6 Å². The van der Waals surface area contributed by atoms with Gasteiger partial charge >= 0.3 is 0 Å². The summed E-state index contributed by atoms with van der Waals surface area (Å²) in [6.07, 6.45) is 7.83. The largest absolute Gasteiger partial charge is 0.488 e. The molecule has 0 spiro atoms. The number of rotatable bonds is 8. The quantitative estimate of drug-likeness (QED) is 0.423. The Morgan fingerprint density at radius 3 is 2.82 bits per heavy atom. The van der Waals surface area contributed by atoms with Crippen molar-refractivity contribution in [1.82, 2.24) is 34.3 Å². The van der Waals surface area contributed by atoms with E-state index in [4.69, 9.17) is 4.74 Å². The van der Waals surface area contributed by atoms with E-state index in [9.17, 15) is 5.11 Å². The van der Waals surface area contributed by atoms with Gasteiger partial charge in [0, 0.05) is 44.0 Å². The van der Waals surface area contributed by atoms with Crippen LogP contribution in [0.1, 0.15) is 19.0 Å². The Morgan fingerprint density at radius 1 is 1.21 bits per heavy atom. The van der Waals surface area contributed by atoms with Crippen molar-refractivity contribution in [3.63, 3.8) is 0 Å². The molecule has 0 aromatic carbocycles. The minimum atomic E-state index is -0.332. The van der Waals surface area contributed by atoms with Gasteiger partial charge in [0.2, 0.25) is 0 Å². The second kappa shape index (κ2) is 8.80. The topological polar surface area (TPSA) is 106 Å². The number of fused-ring (bicyclic) bond motifs is 1. The highest BCUT2D eigenvalue weighted by atomic mass is 16.5. The van der Waals surface area contributed by atoms with Crippen LogP contribution in [0.4, 0.5) is 11.6 Å². The van der Waals surface area contributed by atoms with Crippen molar-refractivity contribution in [2.75, 3.05) is 25.0 Å². The van der Waals surface area contributed by atoms with Crippen molar-refractivity contribution < 1.29 is 9.84 Å². The minimum Gasteiger partial charge on any atom is -0.488 e. The maximum absolute atomic E-state index is 9.65. The van der Waals surface area contributed by atoms with Gasteiger partial charge < -0.3 is 15.2 Å². The number of hydrogen-bond donors (Lipinski definition) is 2. The molecular weight excluding hydrogens is 420 g/mol. The first-order valence-electron chi connectivity index (χ1n) is 11.1. The zero-order valence-electron chi connectivity index (χ0n) is 19.0. The summed E-state index contributed by atoms with van der Waals surface area (Å²) >= 11 is 0. The summed E-state index contributed by atoms with van der Waals surface area (Å²) in [6, 6.07) is 6.35. The van der Waals surface area contributed by atoms with E-state index < -0.39 is 0 Å². The highest BCUT2D eigenvalue weighted by Gasteiger charge is 2.29. The molecule has 5 heterocycles. The molecule has 4 aromatic rings. The van der Waals surface area contributed by atoms with Gasteiger partial charge in [0.1, 0.15) is 18.1 Å². The summed E-state index contributed by atoms with van der Waals surface area (Å²) in [5, 5.41) is 21.8. The predicted octanol–water partition coefficient (Wildman–Crippen LogP) is 2.41. The molecule has 1 aliphatic heterocycles. The summed E-state index contributed by atoms with van der Waals surface area (Å²) in [4.78, 5) is 10.8. The van der Waals surface area contributed by atoms with Crippen LogP contribution in [0.25, 0.3) is 16.8 Å². The van der Waals surface area contributed by atoms with Gasteiger partial charge in [-0.25, -0.2) is 9.50 Å². The molecule has 0 radical (unpaired) electrons. The third-order valence-electron chi connectivity index (χ3n) is 5.87. The molecular formula is C23H28N8O2. The number of likely N-dealkylation sites (tertiary alicyclic amines) is 1. The third-order valence-corrected chi connectivity index (χ3v) is 5.87. The van der Waals surface area contributed by atoms with Crippen LogP contribution in [0, 0.1) is 6.92 Å². The van der Waals surface area contributed by atoms with Crippen LogP contribution in [0.2, 0.25) is 0 Å². The highest BCUT2D eigenvalue weighted by molar-refractivity contribution is 5.72. The molecule has 0 bridgehead atoms. The lowest BCUT2D eigenvalue weighted by Crippen LogP contribution is -2.53. The van der Waals surface area contributed by atoms with Crippen LogP contribution >= 0.6 is 0 Å². The first kappa shape index (κ1) is 21.4. The van der Waals surface area contributed by atoms with Gasteiger partial charge in [0.25, 0.3) is 0 Å². The lowest BCUT2D eigenvalue weighted by Gasteiger charge is -2.41. The number of pyridine rings is 1. The number of hydrogen-bond acceptors (Lipinski definition) is 8. The first-order chi connectivity index (χ1) is 16.0. The van der Waals surface area contributed by atoms with Gasteiger partial charge in [-0.2, -0.15) is 10.2 Å². The van der Waals surface area contributed by atoms with Crippen molar-refractivity contribution in [2.45, 2.75) is 32.4 Å². The van der Waals surface area contributed by atoms with Crippen molar-refractivity contribution in [2.24, 2.45) is 7.05 Å². The Balaban J connectivity index is 1.33. The Morgan fingerprint density at radius 2 is 2.09 bits per heavy atom. The number of aromatic nitrogens is 6. The number of nitrogens with zero attached hydrogens (tertiary/aromatic N) is 7. The van der Waals surface area contributed by atoms with Crippen LogP contribution in [0.5, 0.6) is 5.75 Å². The average Bonchev–Trinajstić information content (AvgIpc) is 3.35. The molecule has 2 atom stereocenters. The monoisotopic (exact) mass is 448 g/mol. The summed E-state index contributed by atoms with van der Waals surface area (Å²) in [5.74, 6) is 2.08. The van der Waals surface area contributed by atoms with Crippen molar-refractivity contribution in [3.05, 3.63) is 48.7 Å². The fourth-order valence-corrected chi connectivity index (χ4v) is 4.09. The summed E-state index contributed by atoms with van der Waals surface area (Å²) in [6.45, 7) is 5.97. The predicted molar refractivity (Wildman–Crippen MR) is 125 cm³/mol. The molecule has 172 valence electrons. The number of aliphatic hydroxyl groups is 1. The summed E-state index contributed by atoms with van der Waals surface area (Å²) in [7, 11) is 1.91. The lowest BCUT2D eigenvalue weighted by molar-refractivity contribution is 0.0147. The van der Waals surface area contributed by atoms with E-state index >= 15 is 0 Å². The molecule has 10 nitrogen and oxygen atoms in total. The SMILES string of the molecule is Cc1cnc(Nc2cc3cc(-c4c(OC[C@H]5CCN5CC(C)O)cnn4C)ccn3n2)cn1. The summed E-state index contributed by atoms with van der Waals surface area (Å²) < 4.78 is 9.82. The van der Waals surface area contributed by atoms with Gasteiger partial charge in [-0.1, -0.05) is 0 Å². The second-order valence-electron chi connectivity index (χ2n) is 8.56. The fraction of sp³-hybridized carbons (Fsp3) is 0.391. The lowest BCUT2D eigenvalue weighted by atomic mass is 10.0. The summed E-state index contributed by atoms with van der Waals surface area (Å²) in [5.41, 5.74) is 3.71. The average molecular weight is 449 g/mol. The van der Waals surface area contributed by atoms with Gasteiger partial charge in [0.05, 0.1) is 35.9 Å². The van der Waals surface area contributed by atoms with E-state index in [1.54, 1.807) is 18.6 Å². The number of ether oxygens (including phenoxy) is 1. The first-order valence-corrected chi connectivity index (χ1v) is 11.1. The molecule has 33 heavy (non-hydrogen) atoms. The van der Waals surface area contributed by atoms with E-state index in [1.807, 2.05) is 48.4 Å². The van der Waals surface area contributed by atoms with Gasteiger partial charge in [0.15, 0.2) is 11.6 Å². The molecule has 0 aliphatic carbocycles. The van der Waals surface area contributed by atoms with Crippen LogP contribution < -0.4 is 10.1 Å². The maximum atomic E-state index is 9.65. The van der Waals surface area contributed by atoms with Crippen LogP contribution in [-0.4, -0.2) is 71.2 Å². The molecule has 1 fully saturated rings. The maximum Gasteiger partial charge on any atom is 0.165 e. The molecule has 10 heteroatoms. The molecule has 5 rings (SSSR count). The molecule has 0 saturated carbocycles. The molecule has 1 saturated heterocycles. The van der Waals surface area contributed by atoms with Crippen LogP contribution in [-0.2, 0) is 7.05 Å².